The molecule has 0 fully saturated rings. The fourth-order valence-electron chi connectivity index (χ4n) is 2.32. The van der Waals surface area contributed by atoms with Crippen LogP contribution in [0.25, 0.3) is 0 Å². The van der Waals surface area contributed by atoms with Crippen LogP contribution in [-0.2, 0) is 14.3 Å². The Hall–Kier alpha value is -3.35. The zero-order chi connectivity index (χ0) is 19.6. The highest BCUT2D eigenvalue weighted by molar-refractivity contribution is 5.96. The molecule has 0 aliphatic carbocycles. The molecule has 0 saturated heterocycles. The number of amides is 2. The fraction of sp³-hybridized carbons (Fsp3) is 0.250. The fourth-order valence-corrected chi connectivity index (χ4v) is 2.32. The lowest BCUT2D eigenvalue weighted by atomic mass is 10.1. The van der Waals surface area contributed by atoms with Gasteiger partial charge in [0.05, 0.1) is 13.2 Å². The zero-order valence-corrected chi connectivity index (χ0v) is 15.2. The van der Waals surface area contributed by atoms with Crippen molar-refractivity contribution in [3.8, 4) is 5.75 Å². The van der Waals surface area contributed by atoms with E-state index in [1.54, 1.807) is 24.3 Å². The molecule has 0 unspecified atom stereocenters. The van der Waals surface area contributed by atoms with E-state index in [0.717, 1.165) is 5.56 Å². The van der Waals surface area contributed by atoms with Crippen molar-refractivity contribution in [3.63, 3.8) is 0 Å². The van der Waals surface area contributed by atoms with Crippen molar-refractivity contribution in [1.29, 1.82) is 0 Å². The van der Waals surface area contributed by atoms with Gasteiger partial charge < -0.3 is 20.1 Å². The minimum atomic E-state index is -0.700. The summed E-state index contributed by atoms with van der Waals surface area (Å²) in [6.45, 7) is 1.09. The molecule has 0 aliphatic rings. The first-order chi connectivity index (χ1) is 13.0. The molecule has 2 aromatic carbocycles. The van der Waals surface area contributed by atoms with E-state index in [2.05, 4.69) is 10.6 Å². The predicted octanol–water partition coefficient (Wildman–Crippen LogP) is 1.85. The summed E-state index contributed by atoms with van der Waals surface area (Å²) in [6.07, 6.45) is 0. The monoisotopic (exact) mass is 370 g/mol. The van der Waals surface area contributed by atoms with Gasteiger partial charge in [0, 0.05) is 5.56 Å². The lowest BCUT2D eigenvalue weighted by Crippen LogP contribution is -2.34. The number of carbonyl (C=O) groups excluding carboxylic acids is 3. The molecule has 0 bridgehead atoms. The van der Waals surface area contributed by atoms with Gasteiger partial charge in [0.15, 0.2) is 6.61 Å². The van der Waals surface area contributed by atoms with E-state index in [-0.39, 0.29) is 12.6 Å². The lowest BCUT2D eigenvalue weighted by Gasteiger charge is -2.14. The van der Waals surface area contributed by atoms with E-state index in [9.17, 15) is 14.4 Å². The molecular weight excluding hydrogens is 348 g/mol. The van der Waals surface area contributed by atoms with Crippen LogP contribution in [0.3, 0.4) is 0 Å². The second-order valence-electron chi connectivity index (χ2n) is 5.78. The van der Waals surface area contributed by atoms with Gasteiger partial charge in [-0.05, 0) is 30.7 Å². The summed E-state index contributed by atoms with van der Waals surface area (Å²) >= 11 is 0. The standard InChI is InChI=1S/C20H22N2O5/c1-14(15-7-4-3-5-8-15)22-18(23)13-27-19(24)12-21-20(25)16-9-6-10-17(11-16)26-2/h3-11,14H,12-13H2,1-2H3,(H,21,25)(H,22,23)/t14-/m1/s1. The van der Waals surface area contributed by atoms with Gasteiger partial charge in [-0.1, -0.05) is 36.4 Å². The van der Waals surface area contributed by atoms with Gasteiger partial charge in [0.25, 0.3) is 11.8 Å². The van der Waals surface area contributed by atoms with Crippen molar-refractivity contribution in [2.75, 3.05) is 20.3 Å². The maximum atomic E-state index is 12.0. The molecule has 0 aromatic heterocycles. The Morgan fingerprint density at radius 2 is 1.78 bits per heavy atom. The molecule has 2 aromatic rings. The zero-order valence-electron chi connectivity index (χ0n) is 15.2. The Labute approximate surface area is 157 Å². The largest absolute Gasteiger partial charge is 0.497 e. The van der Waals surface area contributed by atoms with E-state index in [1.807, 2.05) is 37.3 Å². The van der Waals surface area contributed by atoms with E-state index >= 15 is 0 Å². The second kappa shape index (κ2) is 9.96. The molecule has 142 valence electrons. The third-order valence-corrected chi connectivity index (χ3v) is 3.77. The van der Waals surface area contributed by atoms with Crippen molar-refractivity contribution in [1.82, 2.24) is 10.6 Å². The van der Waals surface area contributed by atoms with Crippen molar-refractivity contribution in [2.24, 2.45) is 0 Å². The number of rotatable bonds is 8. The van der Waals surface area contributed by atoms with Crippen LogP contribution in [-0.4, -0.2) is 38.0 Å². The maximum Gasteiger partial charge on any atom is 0.325 e. The second-order valence-corrected chi connectivity index (χ2v) is 5.78. The molecule has 0 saturated carbocycles. The summed E-state index contributed by atoms with van der Waals surface area (Å²) in [5.74, 6) is -1.02. The number of esters is 1. The van der Waals surface area contributed by atoms with Crippen LogP contribution < -0.4 is 15.4 Å². The van der Waals surface area contributed by atoms with Crippen molar-refractivity contribution in [3.05, 3.63) is 65.7 Å². The van der Waals surface area contributed by atoms with Gasteiger partial charge in [0.1, 0.15) is 12.3 Å². The smallest absolute Gasteiger partial charge is 0.325 e. The van der Waals surface area contributed by atoms with Crippen molar-refractivity contribution in [2.45, 2.75) is 13.0 Å². The molecule has 2 N–H and O–H groups in total. The summed E-state index contributed by atoms with van der Waals surface area (Å²) in [5, 5.41) is 5.18. The molecule has 7 nitrogen and oxygen atoms in total. The summed E-state index contributed by atoms with van der Waals surface area (Å²) in [6, 6.07) is 15.8. The van der Waals surface area contributed by atoms with Crippen molar-refractivity contribution < 1.29 is 23.9 Å². The van der Waals surface area contributed by atoms with Crippen LogP contribution in [0.4, 0.5) is 0 Å². The van der Waals surface area contributed by atoms with Crippen LogP contribution >= 0.6 is 0 Å². The number of carbonyl (C=O) groups is 3. The molecule has 0 radical (unpaired) electrons. The molecule has 1 atom stereocenters. The molecule has 2 amide bonds. The van der Waals surface area contributed by atoms with Crippen LogP contribution in [0.5, 0.6) is 5.75 Å². The Balaban J connectivity index is 1.72. The van der Waals surface area contributed by atoms with Gasteiger partial charge in [-0.2, -0.15) is 0 Å². The van der Waals surface area contributed by atoms with E-state index in [1.165, 1.54) is 7.11 Å². The minimum absolute atomic E-state index is 0.204. The number of hydrogen-bond acceptors (Lipinski definition) is 5. The van der Waals surface area contributed by atoms with Gasteiger partial charge >= 0.3 is 5.97 Å². The first-order valence-corrected chi connectivity index (χ1v) is 8.41. The first-order valence-electron chi connectivity index (χ1n) is 8.41. The van der Waals surface area contributed by atoms with E-state index in [0.29, 0.717) is 11.3 Å². The normalized spacial score (nSPS) is 11.2. The van der Waals surface area contributed by atoms with Crippen LogP contribution in [0.1, 0.15) is 28.9 Å². The SMILES string of the molecule is COc1cccc(C(=O)NCC(=O)OCC(=O)N[C@H](C)c2ccccc2)c1. The summed E-state index contributed by atoms with van der Waals surface area (Å²) in [7, 11) is 1.50. The van der Waals surface area contributed by atoms with Gasteiger partial charge in [-0.25, -0.2) is 0 Å². The van der Waals surface area contributed by atoms with Gasteiger partial charge in [0.2, 0.25) is 0 Å². The quantitative estimate of drug-likeness (QED) is 0.692. The Morgan fingerprint density at radius 1 is 1.04 bits per heavy atom. The minimum Gasteiger partial charge on any atom is -0.497 e. The predicted molar refractivity (Wildman–Crippen MR) is 99.3 cm³/mol. The van der Waals surface area contributed by atoms with E-state index in [4.69, 9.17) is 9.47 Å². The third-order valence-electron chi connectivity index (χ3n) is 3.77. The van der Waals surface area contributed by atoms with Crippen LogP contribution in [0, 0.1) is 0 Å². The molecule has 0 heterocycles. The highest BCUT2D eigenvalue weighted by Crippen LogP contribution is 2.12. The molecule has 7 heteroatoms. The Bertz CT molecular complexity index is 792. The summed E-state index contributed by atoms with van der Waals surface area (Å²) in [5.41, 5.74) is 1.30. The summed E-state index contributed by atoms with van der Waals surface area (Å²) < 4.78 is 9.92. The van der Waals surface area contributed by atoms with E-state index < -0.39 is 24.4 Å². The topological polar surface area (TPSA) is 93.7 Å². The molecule has 0 aliphatic heterocycles. The Kier molecular flexibility index (Phi) is 7.37. The highest BCUT2D eigenvalue weighted by atomic mass is 16.5. The third kappa shape index (κ3) is 6.47. The molecule has 2 rings (SSSR count). The first kappa shape index (κ1) is 20.0. The number of methoxy groups -OCH3 is 1. The highest BCUT2D eigenvalue weighted by Gasteiger charge is 2.13. The molecular formula is C20H22N2O5. The van der Waals surface area contributed by atoms with Crippen LogP contribution in [0.15, 0.2) is 54.6 Å². The number of nitrogens with one attached hydrogen (secondary N) is 2. The van der Waals surface area contributed by atoms with Gasteiger partial charge in [-0.15, -0.1) is 0 Å². The lowest BCUT2D eigenvalue weighted by molar-refractivity contribution is -0.147. The van der Waals surface area contributed by atoms with Gasteiger partial charge in [-0.3, -0.25) is 14.4 Å². The molecule has 0 spiro atoms. The average molecular weight is 370 g/mol. The average Bonchev–Trinajstić information content (AvgIpc) is 2.71. The maximum absolute atomic E-state index is 12.0. The van der Waals surface area contributed by atoms with Crippen molar-refractivity contribution >= 4 is 17.8 Å². The molecule has 27 heavy (non-hydrogen) atoms. The number of ether oxygens (including phenoxy) is 2. The summed E-state index contributed by atoms with van der Waals surface area (Å²) in [4.78, 5) is 35.6. The number of benzene rings is 2. The van der Waals surface area contributed by atoms with Crippen LogP contribution in [0.2, 0.25) is 0 Å². The number of hydrogen-bond donors (Lipinski definition) is 2. The Morgan fingerprint density at radius 3 is 2.48 bits per heavy atom.